The van der Waals surface area contributed by atoms with Crippen molar-refractivity contribution in [1.82, 2.24) is 9.97 Å². The van der Waals surface area contributed by atoms with Gasteiger partial charge in [-0.2, -0.15) is 4.98 Å². The molecule has 90 valence electrons. The molecule has 0 fully saturated rings. The molecule has 0 saturated heterocycles. The van der Waals surface area contributed by atoms with Gasteiger partial charge in [0.25, 0.3) is 6.01 Å². The lowest BCUT2D eigenvalue weighted by atomic mass is 10.1. The van der Waals surface area contributed by atoms with E-state index in [0.29, 0.717) is 34.9 Å². The highest BCUT2D eigenvalue weighted by atomic mass is 16.5. The average Bonchev–Trinajstić information content (AvgIpc) is 2.69. The number of fused-ring (bicyclic) bond motifs is 1. The van der Waals surface area contributed by atoms with Crippen LogP contribution in [0.1, 0.15) is 17.3 Å². The Hall–Kier alpha value is -2.24. The van der Waals surface area contributed by atoms with Gasteiger partial charge >= 0.3 is 5.97 Å². The van der Waals surface area contributed by atoms with Crippen LogP contribution in [0.5, 0.6) is 6.01 Å². The Kier molecular flexibility index (Phi) is 2.86. The van der Waals surface area contributed by atoms with Gasteiger partial charge in [0.05, 0.1) is 24.8 Å². The summed E-state index contributed by atoms with van der Waals surface area (Å²) in [6, 6.07) is 3.58. The van der Waals surface area contributed by atoms with E-state index in [0.717, 1.165) is 0 Å². The maximum atomic E-state index is 11.6. The van der Waals surface area contributed by atoms with Crippen LogP contribution < -0.4 is 10.5 Å². The second kappa shape index (κ2) is 4.32. The lowest BCUT2D eigenvalue weighted by Crippen LogP contribution is -2.03. The van der Waals surface area contributed by atoms with Crippen LogP contribution >= 0.6 is 0 Å². The lowest BCUT2D eigenvalue weighted by molar-refractivity contribution is 0.0603. The molecule has 0 saturated carbocycles. The molecule has 0 bridgehead atoms. The second-order valence-corrected chi connectivity index (χ2v) is 3.43. The molecular formula is C11H13N3O3. The molecule has 0 aliphatic carbocycles. The number of nitrogens with two attached hydrogens (primary N) is 1. The van der Waals surface area contributed by atoms with E-state index >= 15 is 0 Å². The summed E-state index contributed by atoms with van der Waals surface area (Å²) < 4.78 is 9.92. The minimum atomic E-state index is -0.475. The molecule has 0 unspecified atom stereocenters. The van der Waals surface area contributed by atoms with Gasteiger partial charge in [0.1, 0.15) is 5.52 Å². The van der Waals surface area contributed by atoms with Gasteiger partial charge in [-0.1, -0.05) is 0 Å². The summed E-state index contributed by atoms with van der Waals surface area (Å²) in [5.41, 5.74) is 7.63. The van der Waals surface area contributed by atoms with Gasteiger partial charge in [0.2, 0.25) is 0 Å². The number of esters is 1. The number of ether oxygens (including phenoxy) is 2. The van der Waals surface area contributed by atoms with Crippen LogP contribution in [-0.2, 0) is 4.74 Å². The van der Waals surface area contributed by atoms with Gasteiger partial charge in [-0.25, -0.2) is 4.79 Å². The number of hydrogen-bond acceptors (Lipinski definition) is 5. The third-order valence-electron chi connectivity index (χ3n) is 2.27. The number of aromatic nitrogens is 2. The second-order valence-electron chi connectivity index (χ2n) is 3.43. The standard InChI is InChI=1S/C11H13N3O3/c1-3-17-11-13-8-5-6(12)4-7(9(8)14-11)10(15)16-2/h4-5H,3,12H2,1-2H3,(H,13,14). The predicted molar refractivity (Wildman–Crippen MR) is 63.0 cm³/mol. The van der Waals surface area contributed by atoms with Gasteiger partial charge in [-0.3, -0.25) is 0 Å². The number of methoxy groups -OCH3 is 1. The molecule has 6 nitrogen and oxygen atoms in total. The first-order valence-electron chi connectivity index (χ1n) is 5.16. The molecule has 0 radical (unpaired) electrons. The van der Waals surface area contributed by atoms with E-state index in [1.54, 1.807) is 6.07 Å². The van der Waals surface area contributed by atoms with Crippen molar-refractivity contribution in [2.75, 3.05) is 19.5 Å². The highest BCUT2D eigenvalue weighted by Crippen LogP contribution is 2.23. The summed E-state index contributed by atoms with van der Waals surface area (Å²) in [4.78, 5) is 18.7. The van der Waals surface area contributed by atoms with E-state index in [-0.39, 0.29) is 0 Å². The Morgan fingerprint density at radius 1 is 1.53 bits per heavy atom. The minimum Gasteiger partial charge on any atom is -0.465 e. The number of nitrogens with zero attached hydrogens (tertiary/aromatic N) is 1. The quantitative estimate of drug-likeness (QED) is 0.618. The zero-order valence-corrected chi connectivity index (χ0v) is 9.61. The number of aromatic amines is 1. The number of hydrogen-bond donors (Lipinski definition) is 2. The highest BCUT2D eigenvalue weighted by Gasteiger charge is 2.15. The molecular weight excluding hydrogens is 222 g/mol. The molecule has 0 atom stereocenters. The minimum absolute atomic E-state index is 0.324. The molecule has 6 heteroatoms. The molecule has 1 heterocycles. The zero-order valence-electron chi connectivity index (χ0n) is 9.61. The number of imidazole rings is 1. The maximum absolute atomic E-state index is 11.6. The maximum Gasteiger partial charge on any atom is 0.340 e. The fourth-order valence-electron chi connectivity index (χ4n) is 1.59. The van der Waals surface area contributed by atoms with E-state index < -0.39 is 5.97 Å². The summed E-state index contributed by atoms with van der Waals surface area (Å²) in [5, 5.41) is 0. The molecule has 1 aromatic carbocycles. The molecule has 2 aromatic rings. The molecule has 0 aliphatic rings. The number of carbonyl (C=O) groups is 1. The van der Waals surface area contributed by atoms with Crippen LogP contribution in [0.4, 0.5) is 5.69 Å². The smallest absolute Gasteiger partial charge is 0.340 e. The van der Waals surface area contributed by atoms with Crippen LogP contribution in [-0.4, -0.2) is 29.7 Å². The average molecular weight is 235 g/mol. The number of benzene rings is 1. The number of nitrogens with one attached hydrogen (secondary N) is 1. The van der Waals surface area contributed by atoms with E-state index in [1.165, 1.54) is 13.2 Å². The van der Waals surface area contributed by atoms with Gasteiger partial charge in [-0.15, -0.1) is 0 Å². The van der Waals surface area contributed by atoms with Gasteiger partial charge in [0, 0.05) is 5.69 Å². The SMILES string of the molecule is CCOc1nc2c(C(=O)OC)cc(N)cc2[nH]1. The van der Waals surface area contributed by atoms with Crippen LogP contribution in [0, 0.1) is 0 Å². The fourth-order valence-corrected chi connectivity index (χ4v) is 1.59. The van der Waals surface area contributed by atoms with Crippen molar-refractivity contribution in [3.8, 4) is 6.01 Å². The predicted octanol–water partition coefficient (Wildman–Crippen LogP) is 1.33. The molecule has 0 spiro atoms. The van der Waals surface area contributed by atoms with Crippen molar-refractivity contribution < 1.29 is 14.3 Å². The van der Waals surface area contributed by atoms with Crippen molar-refractivity contribution in [1.29, 1.82) is 0 Å². The molecule has 0 aliphatic heterocycles. The number of H-pyrrole nitrogens is 1. The van der Waals surface area contributed by atoms with Crippen LogP contribution in [0.25, 0.3) is 11.0 Å². The van der Waals surface area contributed by atoms with Gasteiger partial charge in [0.15, 0.2) is 0 Å². The molecule has 0 amide bonds. The third-order valence-corrected chi connectivity index (χ3v) is 2.27. The Morgan fingerprint density at radius 3 is 2.94 bits per heavy atom. The Labute approximate surface area is 97.7 Å². The van der Waals surface area contributed by atoms with E-state index in [4.69, 9.17) is 10.5 Å². The van der Waals surface area contributed by atoms with Crippen molar-refractivity contribution in [2.24, 2.45) is 0 Å². The summed E-state index contributed by atoms with van der Waals surface area (Å²) >= 11 is 0. The Morgan fingerprint density at radius 2 is 2.29 bits per heavy atom. The molecule has 1 aromatic heterocycles. The van der Waals surface area contributed by atoms with Crippen molar-refractivity contribution in [2.45, 2.75) is 6.92 Å². The number of anilines is 1. The topological polar surface area (TPSA) is 90.2 Å². The number of rotatable bonds is 3. The first kappa shape index (κ1) is 11.3. The summed E-state index contributed by atoms with van der Waals surface area (Å²) in [7, 11) is 1.31. The Bertz CT molecular complexity index is 562. The largest absolute Gasteiger partial charge is 0.465 e. The first-order valence-corrected chi connectivity index (χ1v) is 5.16. The third kappa shape index (κ3) is 2.01. The summed E-state index contributed by atoms with van der Waals surface area (Å²) in [6.07, 6.45) is 0. The molecule has 2 rings (SSSR count). The summed E-state index contributed by atoms with van der Waals surface area (Å²) in [5.74, 6) is -0.475. The summed E-state index contributed by atoms with van der Waals surface area (Å²) in [6.45, 7) is 2.34. The van der Waals surface area contributed by atoms with Crippen molar-refractivity contribution in [3.63, 3.8) is 0 Å². The van der Waals surface area contributed by atoms with Crippen LogP contribution in [0.2, 0.25) is 0 Å². The highest BCUT2D eigenvalue weighted by molar-refractivity contribution is 6.03. The lowest BCUT2D eigenvalue weighted by Gasteiger charge is -2.01. The molecule has 3 N–H and O–H groups in total. The number of nitrogen functional groups attached to an aromatic ring is 1. The van der Waals surface area contributed by atoms with Crippen LogP contribution in [0.15, 0.2) is 12.1 Å². The van der Waals surface area contributed by atoms with Crippen LogP contribution in [0.3, 0.4) is 0 Å². The number of carbonyl (C=O) groups excluding carboxylic acids is 1. The van der Waals surface area contributed by atoms with Gasteiger partial charge in [-0.05, 0) is 19.1 Å². The van der Waals surface area contributed by atoms with Gasteiger partial charge < -0.3 is 20.2 Å². The van der Waals surface area contributed by atoms with E-state index in [2.05, 4.69) is 14.7 Å². The monoisotopic (exact) mass is 235 g/mol. The fraction of sp³-hybridized carbons (Fsp3) is 0.273. The molecule has 17 heavy (non-hydrogen) atoms. The van der Waals surface area contributed by atoms with Crippen molar-refractivity contribution in [3.05, 3.63) is 17.7 Å². The Balaban J connectivity index is 2.61. The van der Waals surface area contributed by atoms with E-state index in [9.17, 15) is 4.79 Å². The van der Waals surface area contributed by atoms with E-state index in [1.807, 2.05) is 6.92 Å². The normalized spacial score (nSPS) is 10.5. The van der Waals surface area contributed by atoms with Crippen molar-refractivity contribution >= 4 is 22.7 Å². The zero-order chi connectivity index (χ0) is 12.4. The first-order chi connectivity index (χ1) is 8.15.